The molecule has 0 bridgehead atoms. The number of aliphatic carboxylic acids is 1. The summed E-state index contributed by atoms with van der Waals surface area (Å²) < 4.78 is 54.4. The number of aromatic nitrogens is 2. The lowest BCUT2D eigenvalue weighted by Crippen LogP contribution is -2.38. The summed E-state index contributed by atoms with van der Waals surface area (Å²) in [6.45, 7) is 10.5. The van der Waals surface area contributed by atoms with Gasteiger partial charge < -0.3 is 19.5 Å². The number of nitrogens with zero attached hydrogens (tertiary/aromatic N) is 4. The summed E-state index contributed by atoms with van der Waals surface area (Å²) in [5, 5.41) is 13.8. The Labute approximate surface area is 224 Å². The number of alkyl halides is 3. The molecule has 0 aliphatic carbocycles. The minimum Gasteiger partial charge on any atom is -0.492 e. The Morgan fingerprint density at radius 2 is 1.79 bits per heavy atom. The van der Waals surface area contributed by atoms with E-state index in [0.717, 1.165) is 30.5 Å². The molecule has 0 saturated carbocycles. The molecule has 1 aromatic heterocycles. The lowest BCUT2D eigenvalue weighted by atomic mass is 9.81. The predicted molar refractivity (Wildman–Crippen MR) is 136 cm³/mol. The van der Waals surface area contributed by atoms with Crippen molar-refractivity contribution in [2.45, 2.75) is 45.3 Å². The van der Waals surface area contributed by atoms with Gasteiger partial charge in [-0.15, -0.1) is 0 Å². The van der Waals surface area contributed by atoms with Gasteiger partial charge in [0, 0.05) is 55.0 Å². The largest absolute Gasteiger partial charge is 0.492 e. The van der Waals surface area contributed by atoms with Crippen molar-refractivity contribution in [3.05, 3.63) is 53.0 Å². The van der Waals surface area contributed by atoms with E-state index in [0.29, 0.717) is 25.6 Å². The Kier molecular flexibility index (Phi) is 8.08. The van der Waals surface area contributed by atoms with Gasteiger partial charge in [0.25, 0.3) is 5.91 Å². The van der Waals surface area contributed by atoms with Crippen LogP contribution in [0.4, 0.5) is 13.2 Å². The molecular weight excluding hydrogens is 517 g/mol. The Hall–Kier alpha value is -3.38. The van der Waals surface area contributed by atoms with Gasteiger partial charge in [-0.1, -0.05) is 13.8 Å². The van der Waals surface area contributed by atoms with E-state index in [1.807, 2.05) is 0 Å². The molecule has 1 amide bonds. The van der Waals surface area contributed by atoms with Crippen LogP contribution in [-0.4, -0.2) is 82.6 Å². The fourth-order valence-electron chi connectivity index (χ4n) is 4.94. The number of carboxylic acid groups (broad SMARTS) is 1. The summed E-state index contributed by atoms with van der Waals surface area (Å²) in [5.74, 6) is -1.42. The third kappa shape index (κ3) is 6.11. The number of carbonyl (C=O) groups is 2. The number of morpholine rings is 1. The molecule has 3 heterocycles. The highest BCUT2D eigenvalue weighted by atomic mass is 19.4. The molecule has 1 fully saturated rings. The smallest absolute Gasteiger partial charge is 0.435 e. The monoisotopic (exact) mass is 550 g/mol. The summed E-state index contributed by atoms with van der Waals surface area (Å²) in [4.78, 5) is 29.2. The number of fused-ring (bicyclic) bond motifs is 1. The van der Waals surface area contributed by atoms with Crippen LogP contribution in [0.5, 0.6) is 5.75 Å². The van der Waals surface area contributed by atoms with Gasteiger partial charge in [0.05, 0.1) is 18.9 Å². The predicted octanol–water partition coefficient (Wildman–Crippen LogP) is 4.05. The first kappa shape index (κ1) is 28.6. The lowest BCUT2D eigenvalue weighted by Gasteiger charge is -2.30. The van der Waals surface area contributed by atoms with Crippen molar-refractivity contribution < 1.29 is 37.3 Å². The second kappa shape index (κ2) is 11.0. The Morgan fingerprint density at radius 1 is 1.15 bits per heavy atom. The maximum absolute atomic E-state index is 14.1. The summed E-state index contributed by atoms with van der Waals surface area (Å²) in [6.07, 6.45) is -3.69. The van der Waals surface area contributed by atoms with Crippen LogP contribution in [0.3, 0.4) is 0 Å². The van der Waals surface area contributed by atoms with Crippen LogP contribution in [0.15, 0.2) is 30.5 Å². The van der Waals surface area contributed by atoms with Gasteiger partial charge >= 0.3 is 12.1 Å². The second-order valence-electron chi connectivity index (χ2n) is 10.6. The van der Waals surface area contributed by atoms with Gasteiger partial charge in [0.1, 0.15) is 17.9 Å². The van der Waals surface area contributed by atoms with Crippen LogP contribution >= 0.6 is 0 Å². The van der Waals surface area contributed by atoms with Gasteiger partial charge in [-0.3, -0.25) is 14.4 Å². The molecule has 0 spiro atoms. The number of hydrogen-bond acceptors (Lipinski definition) is 6. The molecular formula is C27H33F3N4O5. The highest BCUT2D eigenvalue weighted by Gasteiger charge is 2.47. The van der Waals surface area contributed by atoms with Crippen LogP contribution < -0.4 is 4.74 Å². The number of halogens is 3. The molecule has 9 nitrogen and oxygen atoms in total. The quantitative estimate of drug-likeness (QED) is 0.556. The Bertz CT molecular complexity index is 1250. The van der Waals surface area contributed by atoms with Crippen molar-refractivity contribution in [3.8, 4) is 5.75 Å². The molecule has 12 heteroatoms. The van der Waals surface area contributed by atoms with Crippen LogP contribution in [0.1, 0.15) is 61.0 Å². The van der Waals surface area contributed by atoms with Gasteiger partial charge in [-0.2, -0.15) is 18.3 Å². The Balaban J connectivity index is 1.61. The van der Waals surface area contributed by atoms with Crippen LogP contribution in [0, 0.1) is 0 Å². The van der Waals surface area contributed by atoms with E-state index in [1.54, 1.807) is 52.0 Å². The molecule has 0 atom stereocenters. The van der Waals surface area contributed by atoms with Crippen LogP contribution in [-0.2, 0) is 21.1 Å². The number of rotatable bonds is 7. The third-order valence-corrected chi connectivity index (χ3v) is 6.82. The zero-order valence-corrected chi connectivity index (χ0v) is 22.4. The average molecular weight is 551 g/mol. The molecule has 2 aromatic rings. The highest BCUT2D eigenvalue weighted by Crippen LogP contribution is 2.44. The molecule has 1 saturated heterocycles. The molecule has 4 rings (SSSR count). The number of benzene rings is 1. The summed E-state index contributed by atoms with van der Waals surface area (Å²) >= 11 is 0. The molecule has 39 heavy (non-hydrogen) atoms. The average Bonchev–Trinajstić information content (AvgIpc) is 3.24. The van der Waals surface area contributed by atoms with E-state index in [2.05, 4.69) is 10.00 Å². The van der Waals surface area contributed by atoms with E-state index in [-0.39, 0.29) is 23.4 Å². The first-order chi connectivity index (χ1) is 18.3. The van der Waals surface area contributed by atoms with Gasteiger partial charge in [-0.05, 0) is 38.1 Å². The standard InChI is InChI=1S/C27H33F3N4O5/c1-17(2)34-22-20(25(36)37)15-33(16-26(3,4)21(22)23(31-34)27(28,29)30)24(35)18-5-7-19(8-6-18)39-14-11-32-9-12-38-13-10-32/h5-8,15,17H,9-14,16H2,1-4H3,(H,36,37). The summed E-state index contributed by atoms with van der Waals surface area (Å²) in [7, 11) is 0. The van der Waals surface area contributed by atoms with Crippen molar-refractivity contribution in [1.82, 2.24) is 19.6 Å². The summed E-state index contributed by atoms with van der Waals surface area (Å²) in [6, 6.07) is 5.85. The first-order valence-corrected chi connectivity index (χ1v) is 12.8. The van der Waals surface area contributed by atoms with E-state index in [9.17, 15) is 27.9 Å². The highest BCUT2D eigenvalue weighted by molar-refractivity contribution is 6.16. The second-order valence-corrected chi connectivity index (χ2v) is 10.6. The minimum absolute atomic E-state index is 0.144. The van der Waals surface area contributed by atoms with Crippen LogP contribution in [0.2, 0.25) is 0 Å². The van der Waals surface area contributed by atoms with Gasteiger partial charge in [0.15, 0.2) is 5.69 Å². The number of amides is 1. The van der Waals surface area contributed by atoms with E-state index < -0.39 is 40.8 Å². The maximum Gasteiger partial charge on any atom is 0.435 e. The molecule has 1 aromatic carbocycles. The fourth-order valence-corrected chi connectivity index (χ4v) is 4.94. The fraction of sp³-hybridized carbons (Fsp3) is 0.519. The number of hydrogen-bond donors (Lipinski definition) is 1. The molecule has 1 N–H and O–H groups in total. The Morgan fingerprint density at radius 3 is 2.36 bits per heavy atom. The molecule has 0 unspecified atom stereocenters. The van der Waals surface area contributed by atoms with Crippen molar-refractivity contribution in [3.63, 3.8) is 0 Å². The number of ether oxygens (including phenoxy) is 2. The zero-order chi connectivity index (χ0) is 28.5. The maximum atomic E-state index is 14.1. The SMILES string of the molecule is CC(C)n1nc(C(F)(F)F)c2c1C(C(=O)O)=CN(C(=O)c1ccc(OCCN3CCOCC3)cc1)CC2(C)C. The molecule has 2 aliphatic heterocycles. The molecule has 2 aliphatic rings. The normalized spacial score (nSPS) is 17.9. The van der Waals surface area contributed by atoms with Crippen molar-refractivity contribution in [2.75, 3.05) is 46.0 Å². The lowest BCUT2D eigenvalue weighted by molar-refractivity contribution is -0.142. The van der Waals surface area contributed by atoms with Crippen molar-refractivity contribution >= 4 is 17.4 Å². The molecule has 0 radical (unpaired) electrons. The van der Waals surface area contributed by atoms with E-state index in [1.165, 1.54) is 4.90 Å². The van der Waals surface area contributed by atoms with E-state index in [4.69, 9.17) is 9.47 Å². The van der Waals surface area contributed by atoms with E-state index >= 15 is 0 Å². The van der Waals surface area contributed by atoms with Crippen molar-refractivity contribution in [1.29, 1.82) is 0 Å². The van der Waals surface area contributed by atoms with Gasteiger partial charge in [-0.25, -0.2) is 4.79 Å². The summed E-state index contributed by atoms with van der Waals surface area (Å²) in [5.41, 5.74) is -2.97. The zero-order valence-electron chi connectivity index (χ0n) is 22.4. The topological polar surface area (TPSA) is 97.1 Å². The molecule has 212 valence electrons. The third-order valence-electron chi connectivity index (χ3n) is 6.82. The number of carboxylic acids is 1. The van der Waals surface area contributed by atoms with Gasteiger partial charge in [0.2, 0.25) is 0 Å². The van der Waals surface area contributed by atoms with Crippen molar-refractivity contribution in [2.24, 2.45) is 0 Å². The minimum atomic E-state index is -4.80. The number of carbonyl (C=O) groups excluding carboxylic acids is 1. The van der Waals surface area contributed by atoms with Crippen LogP contribution in [0.25, 0.3) is 5.57 Å². The first-order valence-electron chi connectivity index (χ1n) is 12.8.